The lowest BCUT2D eigenvalue weighted by atomic mass is 10.5. The molecule has 0 aliphatic carbocycles. The summed E-state index contributed by atoms with van der Waals surface area (Å²) in [6.07, 6.45) is 0.366. The molecule has 1 rings (SSSR count). The second-order valence-electron chi connectivity index (χ2n) is 1.65. The molecule has 1 aliphatic rings. The van der Waals surface area contributed by atoms with Crippen LogP contribution >= 0.6 is 0 Å². The van der Waals surface area contributed by atoms with E-state index in [0.717, 1.165) is 6.73 Å². The minimum Gasteiger partial charge on any atom is -0.348 e. The van der Waals surface area contributed by atoms with Crippen molar-refractivity contribution in [2.45, 2.75) is 13.2 Å². The molecule has 0 bridgehead atoms. The second kappa shape index (κ2) is 1.21. The predicted molar refractivity (Wildman–Crippen MR) is 23.2 cm³/mol. The van der Waals surface area contributed by atoms with E-state index < -0.39 is 0 Å². The van der Waals surface area contributed by atoms with Crippen molar-refractivity contribution in [3.05, 3.63) is 0 Å². The number of ether oxygens (including phenoxy) is 1. The molecule has 2 nitrogen and oxygen atoms in total. The van der Waals surface area contributed by atoms with Gasteiger partial charge in [-0.3, -0.25) is 4.90 Å². The monoisotopic (exact) mass is 87.1 g/mol. The van der Waals surface area contributed by atoms with Crippen LogP contribution in [0.2, 0.25) is 0 Å². The third-order valence-corrected chi connectivity index (χ3v) is 1.14. The van der Waals surface area contributed by atoms with Gasteiger partial charge in [0.1, 0.15) is 13.0 Å². The van der Waals surface area contributed by atoms with Crippen LogP contribution in [0.4, 0.5) is 0 Å². The van der Waals surface area contributed by atoms with Crippen LogP contribution < -0.4 is 0 Å². The van der Waals surface area contributed by atoms with Gasteiger partial charge < -0.3 is 4.74 Å². The van der Waals surface area contributed by atoms with Gasteiger partial charge in [-0.15, -0.1) is 0 Å². The van der Waals surface area contributed by atoms with Crippen molar-refractivity contribution in [2.75, 3.05) is 13.8 Å². The standard InChI is InChI=1S/C4H9NO/c1-4-5(2)3-6-4/h4H,3H2,1-2H3. The van der Waals surface area contributed by atoms with Crippen LogP contribution in [0, 0.1) is 0 Å². The Morgan fingerprint density at radius 3 is 2.33 bits per heavy atom. The summed E-state index contributed by atoms with van der Waals surface area (Å²) in [6.45, 7) is 2.84. The van der Waals surface area contributed by atoms with Gasteiger partial charge in [-0.2, -0.15) is 0 Å². The van der Waals surface area contributed by atoms with Gasteiger partial charge in [0.2, 0.25) is 0 Å². The summed E-state index contributed by atoms with van der Waals surface area (Å²) in [5, 5.41) is 0. The third-order valence-electron chi connectivity index (χ3n) is 1.14. The summed E-state index contributed by atoms with van der Waals surface area (Å²) >= 11 is 0. The van der Waals surface area contributed by atoms with Crippen molar-refractivity contribution in [1.29, 1.82) is 0 Å². The first-order chi connectivity index (χ1) is 2.80. The Bertz CT molecular complexity index is 47.5. The SMILES string of the molecule is CC1OCN1C. The zero-order chi connectivity index (χ0) is 4.57. The minimum absolute atomic E-state index is 0.366. The maximum Gasteiger partial charge on any atom is 0.111 e. The molecule has 1 heterocycles. The first-order valence-corrected chi connectivity index (χ1v) is 2.12. The van der Waals surface area contributed by atoms with Crippen molar-refractivity contribution in [3.63, 3.8) is 0 Å². The third kappa shape index (κ3) is 0.420. The number of rotatable bonds is 0. The van der Waals surface area contributed by atoms with Gasteiger partial charge in [-0.25, -0.2) is 0 Å². The maximum absolute atomic E-state index is 4.97. The minimum atomic E-state index is 0.366. The average molecular weight is 87.1 g/mol. The van der Waals surface area contributed by atoms with Crippen molar-refractivity contribution in [2.24, 2.45) is 0 Å². The van der Waals surface area contributed by atoms with Crippen LogP contribution in [-0.2, 0) is 4.74 Å². The molecule has 1 saturated heterocycles. The smallest absolute Gasteiger partial charge is 0.111 e. The van der Waals surface area contributed by atoms with Gasteiger partial charge in [0, 0.05) is 0 Å². The lowest BCUT2D eigenvalue weighted by Gasteiger charge is -2.34. The summed E-state index contributed by atoms with van der Waals surface area (Å²) in [7, 11) is 2.04. The Hall–Kier alpha value is -0.0800. The molecule has 0 aromatic heterocycles. The van der Waals surface area contributed by atoms with E-state index in [-0.39, 0.29) is 0 Å². The van der Waals surface area contributed by atoms with E-state index in [4.69, 9.17) is 4.74 Å². The fraction of sp³-hybridized carbons (Fsp3) is 1.00. The quantitative estimate of drug-likeness (QED) is 0.420. The highest BCUT2D eigenvalue weighted by molar-refractivity contribution is 4.54. The number of hydrogen-bond donors (Lipinski definition) is 0. The van der Waals surface area contributed by atoms with Crippen molar-refractivity contribution in [1.82, 2.24) is 4.90 Å². The molecule has 0 saturated carbocycles. The van der Waals surface area contributed by atoms with Crippen LogP contribution in [0.1, 0.15) is 6.92 Å². The zero-order valence-corrected chi connectivity index (χ0v) is 4.14. The van der Waals surface area contributed by atoms with Crippen molar-refractivity contribution in [3.8, 4) is 0 Å². The molecule has 0 amide bonds. The molecule has 1 atom stereocenters. The van der Waals surface area contributed by atoms with Gasteiger partial charge in [0.05, 0.1) is 0 Å². The molecule has 36 valence electrons. The highest BCUT2D eigenvalue weighted by Crippen LogP contribution is 2.06. The summed E-state index contributed by atoms with van der Waals surface area (Å²) in [5.41, 5.74) is 0. The number of nitrogens with zero attached hydrogens (tertiary/aromatic N) is 1. The van der Waals surface area contributed by atoms with Crippen LogP contribution in [0.3, 0.4) is 0 Å². The molecule has 2 heteroatoms. The lowest BCUT2D eigenvalue weighted by Crippen LogP contribution is -2.44. The van der Waals surface area contributed by atoms with Crippen LogP contribution in [0.5, 0.6) is 0 Å². The van der Waals surface area contributed by atoms with E-state index in [0.29, 0.717) is 6.23 Å². The second-order valence-corrected chi connectivity index (χ2v) is 1.65. The lowest BCUT2D eigenvalue weighted by molar-refractivity contribution is -0.195. The van der Waals surface area contributed by atoms with E-state index >= 15 is 0 Å². The van der Waals surface area contributed by atoms with E-state index in [9.17, 15) is 0 Å². The summed E-state index contributed by atoms with van der Waals surface area (Å²) in [6, 6.07) is 0. The molecule has 1 aliphatic heterocycles. The highest BCUT2D eigenvalue weighted by atomic mass is 16.6. The summed E-state index contributed by atoms with van der Waals surface area (Å²) in [4.78, 5) is 2.12. The average Bonchev–Trinajstić information content (AvgIpc) is 1.61. The topological polar surface area (TPSA) is 12.5 Å². The highest BCUT2D eigenvalue weighted by Gasteiger charge is 2.17. The Kier molecular flexibility index (Phi) is 0.821. The number of hydrogen-bond acceptors (Lipinski definition) is 2. The van der Waals surface area contributed by atoms with E-state index in [1.807, 2.05) is 14.0 Å². The molecule has 6 heavy (non-hydrogen) atoms. The first-order valence-electron chi connectivity index (χ1n) is 2.12. The Morgan fingerprint density at radius 1 is 1.83 bits per heavy atom. The fourth-order valence-corrected chi connectivity index (χ4v) is 0.373. The predicted octanol–water partition coefficient (Wildman–Crippen LogP) is 0.252. The maximum atomic E-state index is 4.97. The van der Waals surface area contributed by atoms with Gasteiger partial charge in [-0.05, 0) is 14.0 Å². The van der Waals surface area contributed by atoms with E-state index in [1.54, 1.807) is 0 Å². The summed E-state index contributed by atoms with van der Waals surface area (Å²) in [5.74, 6) is 0. The van der Waals surface area contributed by atoms with Crippen molar-refractivity contribution < 1.29 is 4.74 Å². The molecule has 1 fully saturated rings. The molecule has 0 aromatic rings. The molecule has 0 N–H and O–H groups in total. The van der Waals surface area contributed by atoms with Crippen molar-refractivity contribution >= 4 is 0 Å². The molecular formula is C4H9NO. The van der Waals surface area contributed by atoms with Crippen LogP contribution in [-0.4, -0.2) is 24.9 Å². The molecule has 0 spiro atoms. The van der Waals surface area contributed by atoms with Crippen LogP contribution in [0.25, 0.3) is 0 Å². The Balaban J connectivity index is 2.20. The molecule has 0 aromatic carbocycles. The van der Waals surface area contributed by atoms with Gasteiger partial charge in [0.25, 0.3) is 0 Å². The van der Waals surface area contributed by atoms with Crippen LogP contribution in [0.15, 0.2) is 0 Å². The molecule has 1 unspecified atom stereocenters. The van der Waals surface area contributed by atoms with Gasteiger partial charge >= 0.3 is 0 Å². The summed E-state index contributed by atoms with van der Waals surface area (Å²) < 4.78 is 4.97. The van der Waals surface area contributed by atoms with E-state index in [2.05, 4.69) is 4.90 Å². The Morgan fingerprint density at radius 2 is 2.33 bits per heavy atom. The normalized spacial score (nSPS) is 36.0. The molecular weight excluding hydrogens is 78.0 g/mol. The van der Waals surface area contributed by atoms with Gasteiger partial charge in [-0.1, -0.05) is 0 Å². The Labute approximate surface area is 37.7 Å². The molecule has 0 radical (unpaired) electrons. The zero-order valence-electron chi connectivity index (χ0n) is 4.14. The van der Waals surface area contributed by atoms with Gasteiger partial charge in [0.15, 0.2) is 0 Å². The first kappa shape index (κ1) is 4.09. The fourth-order valence-electron chi connectivity index (χ4n) is 0.373. The van der Waals surface area contributed by atoms with E-state index in [1.165, 1.54) is 0 Å². The largest absolute Gasteiger partial charge is 0.348 e.